The Balaban J connectivity index is 1.61. The lowest BCUT2D eigenvalue weighted by atomic mass is 10.2. The van der Waals surface area contributed by atoms with Crippen LogP contribution in [0.5, 0.6) is 11.5 Å². The minimum Gasteiger partial charge on any atom is -0.493 e. The summed E-state index contributed by atoms with van der Waals surface area (Å²) in [5.41, 5.74) is 1.13. The number of para-hydroxylation sites is 1. The molecule has 3 rings (SSSR count). The molecule has 144 valence electrons. The Labute approximate surface area is 161 Å². The number of nitrogens with zero attached hydrogens (tertiary/aromatic N) is 2. The summed E-state index contributed by atoms with van der Waals surface area (Å²) >= 11 is 0. The number of amides is 1. The van der Waals surface area contributed by atoms with Gasteiger partial charge in [0.25, 0.3) is 5.91 Å². The van der Waals surface area contributed by atoms with Gasteiger partial charge in [0.15, 0.2) is 17.2 Å². The first kappa shape index (κ1) is 19.1. The van der Waals surface area contributed by atoms with Gasteiger partial charge < -0.3 is 20.1 Å². The van der Waals surface area contributed by atoms with Gasteiger partial charge in [-0.3, -0.25) is 4.79 Å². The van der Waals surface area contributed by atoms with Crippen LogP contribution < -0.4 is 20.1 Å². The van der Waals surface area contributed by atoms with Crippen molar-refractivity contribution in [1.29, 1.82) is 0 Å². The first-order valence-corrected chi connectivity index (χ1v) is 8.45. The average Bonchev–Trinajstić information content (AvgIpc) is 2.74. The van der Waals surface area contributed by atoms with E-state index in [0.717, 1.165) is 5.56 Å². The Morgan fingerprint density at radius 1 is 1.00 bits per heavy atom. The van der Waals surface area contributed by atoms with Crippen LogP contribution in [0.3, 0.4) is 0 Å². The van der Waals surface area contributed by atoms with Crippen LogP contribution >= 0.6 is 0 Å². The molecular formula is C20H19FN4O3. The van der Waals surface area contributed by atoms with Crippen molar-refractivity contribution in [3.8, 4) is 11.5 Å². The zero-order chi connectivity index (χ0) is 19.9. The molecule has 1 aromatic heterocycles. The van der Waals surface area contributed by atoms with E-state index in [4.69, 9.17) is 9.47 Å². The Morgan fingerprint density at radius 2 is 1.79 bits per heavy atom. The maximum atomic E-state index is 13.6. The van der Waals surface area contributed by atoms with Gasteiger partial charge in [0.1, 0.15) is 11.6 Å². The molecule has 0 radical (unpaired) electrons. The van der Waals surface area contributed by atoms with Crippen molar-refractivity contribution in [2.75, 3.05) is 24.9 Å². The van der Waals surface area contributed by atoms with Crippen molar-refractivity contribution in [2.24, 2.45) is 0 Å². The average molecular weight is 382 g/mol. The van der Waals surface area contributed by atoms with Gasteiger partial charge in [0.05, 0.1) is 19.9 Å². The Hall–Kier alpha value is -3.68. The van der Waals surface area contributed by atoms with Gasteiger partial charge in [-0.05, 0) is 42.0 Å². The fourth-order valence-electron chi connectivity index (χ4n) is 2.48. The summed E-state index contributed by atoms with van der Waals surface area (Å²) in [5.74, 6) is 0.725. The van der Waals surface area contributed by atoms with Gasteiger partial charge >= 0.3 is 0 Å². The molecule has 0 aliphatic heterocycles. The van der Waals surface area contributed by atoms with Crippen LogP contribution in [0.2, 0.25) is 0 Å². The third kappa shape index (κ3) is 4.53. The number of hydrogen-bond acceptors (Lipinski definition) is 6. The zero-order valence-corrected chi connectivity index (χ0v) is 15.4. The number of aromatic nitrogens is 2. The molecule has 0 fully saturated rings. The van der Waals surface area contributed by atoms with Crippen LogP contribution in [0, 0.1) is 5.82 Å². The maximum Gasteiger partial charge on any atom is 0.276 e. The topological polar surface area (TPSA) is 85.4 Å². The molecule has 1 amide bonds. The molecule has 2 aromatic carbocycles. The predicted octanol–water partition coefficient (Wildman–Crippen LogP) is 3.50. The molecular weight excluding hydrogens is 363 g/mol. The fraction of sp³-hybridized carbons (Fsp3) is 0.150. The minimum atomic E-state index is -0.538. The largest absolute Gasteiger partial charge is 0.493 e. The van der Waals surface area contributed by atoms with Crippen molar-refractivity contribution in [1.82, 2.24) is 10.2 Å². The van der Waals surface area contributed by atoms with Crippen LogP contribution in [-0.4, -0.2) is 30.3 Å². The lowest BCUT2D eigenvalue weighted by Gasteiger charge is -2.10. The Kier molecular flexibility index (Phi) is 6.01. The van der Waals surface area contributed by atoms with Crippen molar-refractivity contribution >= 4 is 17.4 Å². The molecule has 1 heterocycles. The summed E-state index contributed by atoms with van der Waals surface area (Å²) in [6.45, 7) is 0.482. The van der Waals surface area contributed by atoms with E-state index in [-0.39, 0.29) is 11.4 Å². The van der Waals surface area contributed by atoms with E-state index in [1.54, 1.807) is 32.4 Å². The Morgan fingerprint density at radius 3 is 2.46 bits per heavy atom. The Bertz CT molecular complexity index is 964. The normalized spacial score (nSPS) is 10.2. The molecule has 0 bridgehead atoms. The molecule has 0 spiro atoms. The van der Waals surface area contributed by atoms with E-state index in [9.17, 15) is 9.18 Å². The van der Waals surface area contributed by atoms with Gasteiger partial charge in [-0.25, -0.2) is 4.39 Å². The molecule has 0 aliphatic rings. The number of rotatable bonds is 7. The molecule has 0 atom stereocenters. The van der Waals surface area contributed by atoms with E-state index in [0.29, 0.717) is 23.9 Å². The highest BCUT2D eigenvalue weighted by Gasteiger charge is 2.11. The SMILES string of the molecule is COc1ccc(CNc2ccc(C(=O)Nc3ccccc3F)nn2)cc1OC. The smallest absolute Gasteiger partial charge is 0.276 e. The van der Waals surface area contributed by atoms with Crippen molar-refractivity contribution in [3.63, 3.8) is 0 Å². The van der Waals surface area contributed by atoms with Crippen molar-refractivity contribution < 1.29 is 18.7 Å². The van der Waals surface area contributed by atoms with Crippen LogP contribution in [-0.2, 0) is 6.54 Å². The standard InChI is InChI=1S/C20H19FN4O3/c1-27-17-9-7-13(11-18(17)28-2)12-22-19-10-8-16(24-25-19)20(26)23-15-6-4-3-5-14(15)21/h3-11H,12H2,1-2H3,(H,22,25)(H,23,26). The molecule has 3 aromatic rings. The van der Waals surface area contributed by atoms with Gasteiger partial charge in [-0.1, -0.05) is 18.2 Å². The molecule has 8 heteroatoms. The molecule has 2 N–H and O–H groups in total. The summed E-state index contributed by atoms with van der Waals surface area (Å²) in [4.78, 5) is 12.2. The van der Waals surface area contributed by atoms with Crippen LogP contribution in [0.1, 0.15) is 16.1 Å². The van der Waals surface area contributed by atoms with E-state index in [1.807, 2.05) is 18.2 Å². The number of hydrogen-bond donors (Lipinski definition) is 2. The van der Waals surface area contributed by atoms with Crippen LogP contribution in [0.4, 0.5) is 15.9 Å². The number of carbonyl (C=O) groups is 1. The number of ether oxygens (including phenoxy) is 2. The maximum absolute atomic E-state index is 13.6. The van der Waals surface area contributed by atoms with Gasteiger partial charge in [-0.2, -0.15) is 0 Å². The van der Waals surface area contributed by atoms with Crippen molar-refractivity contribution in [3.05, 3.63) is 71.7 Å². The molecule has 0 saturated heterocycles. The van der Waals surface area contributed by atoms with Gasteiger partial charge in [-0.15, -0.1) is 10.2 Å². The highest BCUT2D eigenvalue weighted by atomic mass is 19.1. The van der Waals surface area contributed by atoms with Gasteiger partial charge in [0.2, 0.25) is 0 Å². The summed E-state index contributed by atoms with van der Waals surface area (Å²) in [6.07, 6.45) is 0. The highest BCUT2D eigenvalue weighted by Crippen LogP contribution is 2.27. The first-order valence-electron chi connectivity index (χ1n) is 8.45. The predicted molar refractivity (Wildman–Crippen MR) is 103 cm³/mol. The van der Waals surface area contributed by atoms with E-state index >= 15 is 0 Å². The minimum absolute atomic E-state index is 0.0833. The monoisotopic (exact) mass is 382 g/mol. The fourth-order valence-corrected chi connectivity index (χ4v) is 2.48. The highest BCUT2D eigenvalue weighted by molar-refractivity contribution is 6.02. The summed E-state index contributed by atoms with van der Waals surface area (Å²) in [5, 5.41) is 13.4. The second kappa shape index (κ2) is 8.81. The molecule has 0 unspecified atom stereocenters. The number of halogens is 1. The van der Waals surface area contributed by atoms with Gasteiger partial charge in [0, 0.05) is 6.54 Å². The third-order valence-electron chi connectivity index (χ3n) is 3.94. The third-order valence-corrected chi connectivity index (χ3v) is 3.94. The first-order chi connectivity index (χ1) is 13.6. The number of nitrogens with one attached hydrogen (secondary N) is 2. The second-order valence-electron chi connectivity index (χ2n) is 5.78. The molecule has 28 heavy (non-hydrogen) atoms. The summed E-state index contributed by atoms with van der Waals surface area (Å²) in [7, 11) is 3.15. The van der Waals surface area contributed by atoms with E-state index in [2.05, 4.69) is 20.8 Å². The number of carbonyl (C=O) groups excluding carboxylic acids is 1. The van der Waals surface area contributed by atoms with E-state index < -0.39 is 11.7 Å². The van der Waals surface area contributed by atoms with Crippen LogP contribution in [0.25, 0.3) is 0 Å². The van der Waals surface area contributed by atoms with E-state index in [1.165, 1.54) is 18.2 Å². The lowest BCUT2D eigenvalue weighted by molar-refractivity contribution is 0.102. The van der Waals surface area contributed by atoms with Crippen molar-refractivity contribution in [2.45, 2.75) is 6.54 Å². The lowest BCUT2D eigenvalue weighted by Crippen LogP contribution is -2.15. The quantitative estimate of drug-likeness (QED) is 0.651. The number of methoxy groups -OCH3 is 2. The van der Waals surface area contributed by atoms with Crippen LogP contribution in [0.15, 0.2) is 54.6 Å². The summed E-state index contributed by atoms with van der Waals surface area (Å²) in [6, 6.07) is 14.6. The number of benzene rings is 2. The molecule has 0 aliphatic carbocycles. The summed E-state index contributed by atoms with van der Waals surface area (Å²) < 4.78 is 24.1. The molecule has 0 saturated carbocycles. The number of anilines is 2. The zero-order valence-electron chi connectivity index (χ0n) is 15.4. The molecule has 7 nitrogen and oxygen atoms in total. The second-order valence-corrected chi connectivity index (χ2v) is 5.78.